The van der Waals surface area contributed by atoms with Crippen LogP contribution in [0.15, 0.2) is 4.99 Å². The van der Waals surface area contributed by atoms with Crippen molar-refractivity contribution in [3.8, 4) is 0 Å². The molecule has 0 amide bonds. The van der Waals surface area contributed by atoms with E-state index in [1.54, 1.807) is 0 Å². The molecule has 6 nitrogen and oxygen atoms in total. The standard InChI is InChI=1S/C20H38N6/c1-6-21-20(22-11-7-13-26-14-9-16(2)10-15-26)23-12-8-19-17(3)24-25(5)18(19)4/h16H,6-15H2,1-5H3,(H2,21,22,23). The van der Waals surface area contributed by atoms with Gasteiger partial charge in [0.2, 0.25) is 0 Å². The second kappa shape index (κ2) is 10.6. The highest BCUT2D eigenvalue weighted by atomic mass is 15.3. The molecule has 1 aliphatic heterocycles. The third kappa shape index (κ3) is 6.31. The van der Waals surface area contributed by atoms with Crippen LogP contribution >= 0.6 is 0 Å². The molecule has 0 saturated carbocycles. The number of piperidine rings is 1. The molecule has 1 saturated heterocycles. The predicted octanol–water partition coefficient (Wildman–Crippen LogP) is 2.26. The Labute approximate surface area is 159 Å². The second-order valence-corrected chi connectivity index (χ2v) is 7.59. The van der Waals surface area contributed by atoms with Gasteiger partial charge in [-0.2, -0.15) is 5.10 Å². The van der Waals surface area contributed by atoms with Crippen LogP contribution < -0.4 is 10.6 Å². The maximum atomic E-state index is 4.74. The Kier molecular flexibility index (Phi) is 8.42. The molecule has 0 aliphatic carbocycles. The van der Waals surface area contributed by atoms with E-state index in [4.69, 9.17) is 4.99 Å². The van der Waals surface area contributed by atoms with Crippen LogP contribution in [0.4, 0.5) is 0 Å². The Morgan fingerprint density at radius 2 is 1.96 bits per heavy atom. The minimum Gasteiger partial charge on any atom is -0.357 e. The topological polar surface area (TPSA) is 57.5 Å². The molecule has 1 aliphatic rings. The summed E-state index contributed by atoms with van der Waals surface area (Å²) in [4.78, 5) is 7.33. The van der Waals surface area contributed by atoms with Crippen molar-refractivity contribution >= 4 is 5.96 Å². The largest absolute Gasteiger partial charge is 0.357 e. The van der Waals surface area contributed by atoms with Gasteiger partial charge in [-0.1, -0.05) is 6.92 Å². The number of hydrogen-bond acceptors (Lipinski definition) is 3. The zero-order valence-electron chi connectivity index (χ0n) is 17.4. The van der Waals surface area contributed by atoms with Gasteiger partial charge < -0.3 is 15.5 Å². The highest BCUT2D eigenvalue weighted by Crippen LogP contribution is 2.15. The Morgan fingerprint density at radius 1 is 1.23 bits per heavy atom. The third-order valence-corrected chi connectivity index (χ3v) is 5.45. The number of hydrogen-bond donors (Lipinski definition) is 2. The van der Waals surface area contributed by atoms with Gasteiger partial charge in [0, 0.05) is 32.4 Å². The van der Waals surface area contributed by atoms with E-state index in [-0.39, 0.29) is 0 Å². The lowest BCUT2D eigenvalue weighted by Gasteiger charge is -2.29. The molecule has 0 unspecified atom stereocenters. The third-order valence-electron chi connectivity index (χ3n) is 5.45. The first kappa shape index (κ1) is 20.7. The molecule has 1 aromatic rings. The molecule has 2 heterocycles. The van der Waals surface area contributed by atoms with E-state index in [0.717, 1.165) is 50.0 Å². The SMILES string of the molecule is CCNC(=NCCCN1CCC(C)CC1)NCCc1c(C)nn(C)c1C. The fourth-order valence-corrected chi connectivity index (χ4v) is 3.60. The van der Waals surface area contributed by atoms with Crippen molar-refractivity contribution in [2.45, 2.75) is 53.4 Å². The number of rotatable bonds is 8. The fourth-order valence-electron chi connectivity index (χ4n) is 3.60. The molecule has 2 rings (SSSR count). The number of aliphatic imine (C=N–C) groups is 1. The van der Waals surface area contributed by atoms with Crippen LogP contribution in [-0.2, 0) is 13.5 Å². The molecule has 1 fully saturated rings. The molecule has 0 aromatic carbocycles. The monoisotopic (exact) mass is 362 g/mol. The zero-order chi connectivity index (χ0) is 18.9. The number of likely N-dealkylation sites (tertiary alicyclic amines) is 1. The molecule has 2 N–H and O–H groups in total. The van der Waals surface area contributed by atoms with E-state index >= 15 is 0 Å². The predicted molar refractivity (Wildman–Crippen MR) is 110 cm³/mol. The van der Waals surface area contributed by atoms with E-state index in [1.165, 1.54) is 43.7 Å². The molecule has 0 spiro atoms. The molecule has 1 aromatic heterocycles. The average Bonchev–Trinajstić information content (AvgIpc) is 2.86. The molecule has 148 valence electrons. The minimum atomic E-state index is 0.878. The summed E-state index contributed by atoms with van der Waals surface area (Å²) in [6.07, 6.45) is 4.80. The van der Waals surface area contributed by atoms with Gasteiger partial charge in [0.25, 0.3) is 0 Å². The van der Waals surface area contributed by atoms with Gasteiger partial charge in [-0.3, -0.25) is 9.67 Å². The minimum absolute atomic E-state index is 0.878. The number of aromatic nitrogens is 2. The lowest BCUT2D eigenvalue weighted by atomic mass is 9.99. The molecular weight excluding hydrogens is 324 g/mol. The maximum absolute atomic E-state index is 4.74. The summed E-state index contributed by atoms with van der Waals surface area (Å²) in [5.74, 6) is 1.83. The van der Waals surface area contributed by atoms with Crippen molar-refractivity contribution in [3.63, 3.8) is 0 Å². The first-order valence-electron chi connectivity index (χ1n) is 10.2. The van der Waals surface area contributed by atoms with Crippen molar-refractivity contribution in [1.29, 1.82) is 0 Å². The van der Waals surface area contributed by atoms with Gasteiger partial charge in [0.05, 0.1) is 5.69 Å². The van der Waals surface area contributed by atoms with E-state index in [0.29, 0.717) is 0 Å². The Hall–Kier alpha value is -1.56. The number of aryl methyl sites for hydroxylation is 2. The lowest BCUT2D eigenvalue weighted by Crippen LogP contribution is -2.38. The summed E-state index contributed by atoms with van der Waals surface area (Å²) in [5, 5.41) is 11.3. The lowest BCUT2D eigenvalue weighted by molar-refractivity contribution is 0.192. The summed E-state index contributed by atoms with van der Waals surface area (Å²) in [6.45, 7) is 15.0. The maximum Gasteiger partial charge on any atom is 0.191 e. The van der Waals surface area contributed by atoms with E-state index in [2.05, 4.69) is 48.3 Å². The van der Waals surface area contributed by atoms with Gasteiger partial charge in [-0.25, -0.2) is 0 Å². The Morgan fingerprint density at radius 3 is 2.58 bits per heavy atom. The van der Waals surface area contributed by atoms with E-state index < -0.39 is 0 Å². The molecule has 6 heteroatoms. The van der Waals surface area contributed by atoms with Gasteiger partial charge in [-0.15, -0.1) is 0 Å². The summed E-state index contributed by atoms with van der Waals surface area (Å²) in [6, 6.07) is 0. The zero-order valence-corrected chi connectivity index (χ0v) is 17.4. The summed E-state index contributed by atoms with van der Waals surface area (Å²) in [7, 11) is 2.01. The summed E-state index contributed by atoms with van der Waals surface area (Å²) in [5.41, 5.74) is 3.72. The van der Waals surface area contributed by atoms with Crippen LogP contribution in [0, 0.1) is 19.8 Å². The first-order chi connectivity index (χ1) is 12.5. The number of nitrogens with zero attached hydrogens (tertiary/aromatic N) is 4. The van der Waals surface area contributed by atoms with Gasteiger partial charge in [0.15, 0.2) is 5.96 Å². The second-order valence-electron chi connectivity index (χ2n) is 7.59. The Balaban J connectivity index is 1.72. The van der Waals surface area contributed by atoms with Crippen LogP contribution in [0.3, 0.4) is 0 Å². The smallest absolute Gasteiger partial charge is 0.191 e. The van der Waals surface area contributed by atoms with Crippen molar-refractivity contribution in [1.82, 2.24) is 25.3 Å². The average molecular weight is 363 g/mol. The van der Waals surface area contributed by atoms with Crippen molar-refractivity contribution in [3.05, 3.63) is 17.0 Å². The van der Waals surface area contributed by atoms with Gasteiger partial charge in [-0.05, 0) is 77.6 Å². The molecule has 26 heavy (non-hydrogen) atoms. The van der Waals surface area contributed by atoms with Crippen LogP contribution in [0.5, 0.6) is 0 Å². The van der Waals surface area contributed by atoms with Crippen molar-refractivity contribution in [2.75, 3.05) is 39.3 Å². The van der Waals surface area contributed by atoms with E-state index in [1.807, 2.05) is 11.7 Å². The van der Waals surface area contributed by atoms with Gasteiger partial charge >= 0.3 is 0 Å². The van der Waals surface area contributed by atoms with Crippen molar-refractivity contribution in [2.24, 2.45) is 18.0 Å². The molecular formula is C20H38N6. The summed E-state index contributed by atoms with van der Waals surface area (Å²) >= 11 is 0. The fraction of sp³-hybridized carbons (Fsp3) is 0.800. The molecule has 0 radical (unpaired) electrons. The van der Waals surface area contributed by atoms with Gasteiger partial charge in [0.1, 0.15) is 0 Å². The summed E-state index contributed by atoms with van der Waals surface area (Å²) < 4.78 is 1.96. The van der Waals surface area contributed by atoms with Crippen LogP contribution in [-0.4, -0.2) is 59.9 Å². The number of guanidine groups is 1. The molecule has 0 atom stereocenters. The molecule has 0 bridgehead atoms. The normalized spacial score (nSPS) is 16.9. The first-order valence-corrected chi connectivity index (χ1v) is 10.2. The van der Waals surface area contributed by atoms with Crippen molar-refractivity contribution < 1.29 is 0 Å². The quantitative estimate of drug-likeness (QED) is 0.423. The van der Waals surface area contributed by atoms with E-state index in [9.17, 15) is 0 Å². The highest BCUT2D eigenvalue weighted by molar-refractivity contribution is 5.79. The number of nitrogens with one attached hydrogen (secondary N) is 2. The van der Waals surface area contributed by atoms with Crippen LogP contribution in [0.2, 0.25) is 0 Å². The highest BCUT2D eigenvalue weighted by Gasteiger charge is 2.14. The Bertz CT molecular complexity index is 569. The van der Waals surface area contributed by atoms with Crippen LogP contribution in [0.25, 0.3) is 0 Å². The van der Waals surface area contributed by atoms with Crippen LogP contribution in [0.1, 0.15) is 50.1 Å².